The molecule has 9 heteroatoms. The van der Waals surface area contributed by atoms with Gasteiger partial charge in [0.05, 0.1) is 13.2 Å². The standard InChI is InChI=1S/C17H27N5O3.HI/c1-17(2,3)25-16(23)22-10-13(11-22)21-15(18-4)20-9-12-6-7-14(24-5)19-8-12;/h6-8,13H,9-11H2,1-5H3,(H2,18,20,21);1H. The van der Waals surface area contributed by atoms with E-state index in [0.717, 1.165) is 5.56 Å². The SMILES string of the molecule is CN=C(NCc1ccc(OC)nc1)NC1CN(C(=O)OC(C)(C)C)C1.I. The molecule has 1 fully saturated rings. The van der Waals surface area contributed by atoms with Crippen LogP contribution < -0.4 is 15.4 Å². The van der Waals surface area contributed by atoms with Gasteiger partial charge in [-0.3, -0.25) is 4.99 Å². The molecule has 0 unspecified atom stereocenters. The summed E-state index contributed by atoms with van der Waals surface area (Å²) in [5.74, 6) is 1.27. The number of ether oxygens (including phenoxy) is 2. The van der Waals surface area contributed by atoms with Crippen molar-refractivity contribution in [1.29, 1.82) is 0 Å². The first-order valence-corrected chi connectivity index (χ1v) is 8.25. The average Bonchev–Trinajstić information content (AvgIpc) is 2.51. The fourth-order valence-electron chi connectivity index (χ4n) is 2.26. The van der Waals surface area contributed by atoms with Crippen LogP contribution in [0.5, 0.6) is 5.88 Å². The summed E-state index contributed by atoms with van der Waals surface area (Å²) < 4.78 is 10.4. The second-order valence-electron chi connectivity index (χ2n) is 6.86. The van der Waals surface area contributed by atoms with E-state index in [1.54, 1.807) is 25.3 Å². The van der Waals surface area contributed by atoms with Gasteiger partial charge in [0.25, 0.3) is 0 Å². The van der Waals surface area contributed by atoms with E-state index in [1.807, 2.05) is 32.9 Å². The summed E-state index contributed by atoms with van der Waals surface area (Å²) in [5.41, 5.74) is 0.548. The summed E-state index contributed by atoms with van der Waals surface area (Å²) >= 11 is 0. The van der Waals surface area contributed by atoms with Crippen molar-refractivity contribution in [2.24, 2.45) is 4.99 Å². The molecular formula is C17H28IN5O3. The quantitative estimate of drug-likeness (QED) is 0.392. The van der Waals surface area contributed by atoms with Crippen molar-refractivity contribution in [2.75, 3.05) is 27.2 Å². The highest BCUT2D eigenvalue weighted by Crippen LogP contribution is 2.15. The third-order valence-corrected chi connectivity index (χ3v) is 3.56. The molecule has 1 aromatic heterocycles. The topological polar surface area (TPSA) is 88.1 Å². The van der Waals surface area contributed by atoms with E-state index in [-0.39, 0.29) is 36.1 Å². The molecule has 0 saturated carbocycles. The minimum Gasteiger partial charge on any atom is -0.481 e. The monoisotopic (exact) mass is 477 g/mol. The lowest BCUT2D eigenvalue weighted by Gasteiger charge is -2.40. The van der Waals surface area contributed by atoms with Gasteiger partial charge in [-0.1, -0.05) is 6.07 Å². The van der Waals surface area contributed by atoms with Crippen LogP contribution >= 0.6 is 24.0 Å². The number of rotatable bonds is 4. The Morgan fingerprint density at radius 1 is 1.38 bits per heavy atom. The Kier molecular flexibility index (Phi) is 8.38. The number of likely N-dealkylation sites (tertiary alicyclic amines) is 1. The van der Waals surface area contributed by atoms with E-state index < -0.39 is 5.60 Å². The number of hydrogen-bond acceptors (Lipinski definition) is 5. The maximum atomic E-state index is 11.9. The largest absolute Gasteiger partial charge is 0.481 e. The highest BCUT2D eigenvalue weighted by molar-refractivity contribution is 14.0. The summed E-state index contributed by atoms with van der Waals surface area (Å²) in [5, 5.41) is 6.52. The van der Waals surface area contributed by atoms with E-state index >= 15 is 0 Å². The number of halogens is 1. The molecule has 0 aromatic carbocycles. The predicted octanol–water partition coefficient (Wildman–Crippen LogP) is 1.99. The lowest BCUT2D eigenvalue weighted by atomic mass is 10.1. The number of aromatic nitrogens is 1. The van der Waals surface area contributed by atoms with Gasteiger partial charge in [0.1, 0.15) is 5.60 Å². The first-order chi connectivity index (χ1) is 11.8. The molecule has 0 aliphatic carbocycles. The van der Waals surface area contributed by atoms with Gasteiger partial charge in [-0.05, 0) is 26.3 Å². The van der Waals surface area contributed by atoms with E-state index in [9.17, 15) is 4.79 Å². The van der Waals surface area contributed by atoms with Crippen molar-refractivity contribution in [3.05, 3.63) is 23.9 Å². The van der Waals surface area contributed by atoms with Crippen LogP contribution in [0.15, 0.2) is 23.3 Å². The number of carbonyl (C=O) groups excluding carboxylic acids is 1. The Morgan fingerprint density at radius 2 is 2.08 bits per heavy atom. The molecule has 1 aromatic rings. The van der Waals surface area contributed by atoms with Crippen molar-refractivity contribution in [3.63, 3.8) is 0 Å². The smallest absolute Gasteiger partial charge is 0.410 e. The Labute approximate surface area is 171 Å². The van der Waals surface area contributed by atoms with Gasteiger partial charge >= 0.3 is 6.09 Å². The van der Waals surface area contributed by atoms with Crippen molar-refractivity contribution >= 4 is 36.0 Å². The number of hydrogen-bond donors (Lipinski definition) is 2. The Morgan fingerprint density at radius 3 is 2.58 bits per heavy atom. The van der Waals surface area contributed by atoms with E-state index in [1.165, 1.54) is 0 Å². The lowest BCUT2D eigenvalue weighted by molar-refractivity contribution is 0.00701. The zero-order valence-electron chi connectivity index (χ0n) is 15.9. The fraction of sp³-hybridized carbons (Fsp3) is 0.588. The molecule has 1 aliphatic heterocycles. The molecule has 2 N–H and O–H groups in total. The zero-order chi connectivity index (χ0) is 18.4. The number of carbonyl (C=O) groups is 1. The second-order valence-corrected chi connectivity index (χ2v) is 6.86. The normalized spacial score (nSPS) is 14.8. The molecule has 0 bridgehead atoms. The van der Waals surface area contributed by atoms with Crippen molar-refractivity contribution < 1.29 is 14.3 Å². The third kappa shape index (κ3) is 6.85. The molecule has 0 atom stereocenters. The van der Waals surface area contributed by atoms with Gasteiger partial charge in [0.15, 0.2) is 5.96 Å². The maximum Gasteiger partial charge on any atom is 0.410 e. The number of methoxy groups -OCH3 is 1. The van der Waals surface area contributed by atoms with Crippen LogP contribution in [-0.2, 0) is 11.3 Å². The lowest BCUT2D eigenvalue weighted by Crippen LogP contribution is -2.63. The van der Waals surface area contributed by atoms with Crippen LogP contribution in [0.4, 0.5) is 4.79 Å². The Hall–Kier alpha value is -1.78. The van der Waals surface area contributed by atoms with Gasteiger partial charge in [-0.15, -0.1) is 24.0 Å². The van der Waals surface area contributed by atoms with Crippen molar-refractivity contribution in [2.45, 2.75) is 39.0 Å². The predicted molar refractivity (Wildman–Crippen MR) is 111 cm³/mol. The summed E-state index contributed by atoms with van der Waals surface area (Å²) in [6.45, 7) is 7.37. The molecule has 146 valence electrons. The Balaban J connectivity index is 0.00000338. The van der Waals surface area contributed by atoms with E-state index in [4.69, 9.17) is 9.47 Å². The number of nitrogens with zero attached hydrogens (tertiary/aromatic N) is 3. The average molecular weight is 477 g/mol. The first kappa shape index (κ1) is 22.3. The maximum absolute atomic E-state index is 11.9. The number of aliphatic imine (C=N–C) groups is 1. The summed E-state index contributed by atoms with van der Waals surface area (Å²) in [6.07, 6.45) is 1.48. The van der Waals surface area contributed by atoms with Crippen LogP contribution in [0.1, 0.15) is 26.3 Å². The molecule has 0 radical (unpaired) electrons. The number of amides is 1. The minimum atomic E-state index is -0.473. The summed E-state index contributed by atoms with van der Waals surface area (Å²) in [4.78, 5) is 22.0. The van der Waals surface area contributed by atoms with Crippen LogP contribution in [0.2, 0.25) is 0 Å². The molecule has 0 spiro atoms. The number of nitrogens with one attached hydrogen (secondary N) is 2. The molecule has 2 heterocycles. The minimum absolute atomic E-state index is 0. The van der Waals surface area contributed by atoms with Crippen LogP contribution in [0.25, 0.3) is 0 Å². The van der Waals surface area contributed by atoms with Crippen LogP contribution in [-0.4, -0.2) is 60.8 Å². The van der Waals surface area contributed by atoms with Gasteiger partial charge in [0.2, 0.25) is 5.88 Å². The van der Waals surface area contributed by atoms with Crippen molar-refractivity contribution in [3.8, 4) is 5.88 Å². The molecule has 1 saturated heterocycles. The third-order valence-electron chi connectivity index (χ3n) is 3.56. The Bertz CT molecular complexity index is 610. The molecule has 1 aliphatic rings. The number of guanidine groups is 1. The van der Waals surface area contributed by atoms with Gasteiger partial charge in [-0.25, -0.2) is 9.78 Å². The van der Waals surface area contributed by atoms with Gasteiger partial charge < -0.3 is 25.0 Å². The van der Waals surface area contributed by atoms with E-state index in [0.29, 0.717) is 31.5 Å². The second kappa shape index (κ2) is 9.79. The first-order valence-electron chi connectivity index (χ1n) is 8.25. The summed E-state index contributed by atoms with van der Waals surface area (Å²) in [6, 6.07) is 3.92. The molecule has 26 heavy (non-hydrogen) atoms. The number of pyridine rings is 1. The van der Waals surface area contributed by atoms with Crippen LogP contribution in [0.3, 0.4) is 0 Å². The molecular weight excluding hydrogens is 449 g/mol. The summed E-state index contributed by atoms with van der Waals surface area (Å²) in [7, 11) is 3.30. The molecule has 8 nitrogen and oxygen atoms in total. The zero-order valence-corrected chi connectivity index (χ0v) is 18.2. The van der Waals surface area contributed by atoms with Crippen molar-refractivity contribution in [1.82, 2.24) is 20.5 Å². The molecule has 1 amide bonds. The van der Waals surface area contributed by atoms with Gasteiger partial charge in [0, 0.05) is 38.9 Å². The van der Waals surface area contributed by atoms with E-state index in [2.05, 4.69) is 20.6 Å². The van der Waals surface area contributed by atoms with Crippen LogP contribution in [0, 0.1) is 0 Å². The highest BCUT2D eigenvalue weighted by Gasteiger charge is 2.34. The highest BCUT2D eigenvalue weighted by atomic mass is 127. The fourth-order valence-corrected chi connectivity index (χ4v) is 2.26. The molecule has 2 rings (SSSR count). The van der Waals surface area contributed by atoms with Gasteiger partial charge in [-0.2, -0.15) is 0 Å².